The summed E-state index contributed by atoms with van der Waals surface area (Å²) >= 11 is 5.79. The molecule has 0 spiro atoms. The van der Waals surface area contributed by atoms with E-state index < -0.39 is 17.8 Å². The van der Waals surface area contributed by atoms with E-state index in [9.17, 15) is 18.0 Å². The summed E-state index contributed by atoms with van der Waals surface area (Å²) in [6, 6.07) is 9.82. The molecule has 0 aliphatic heterocycles. The van der Waals surface area contributed by atoms with Crippen LogP contribution in [0.25, 0.3) is 0 Å². The van der Waals surface area contributed by atoms with Gasteiger partial charge in [0.25, 0.3) is 0 Å². The maximum absolute atomic E-state index is 12.7. The molecule has 2 aromatic rings. The van der Waals surface area contributed by atoms with Crippen molar-refractivity contribution in [2.24, 2.45) is 0 Å². The number of nitrogens with zero attached hydrogens (tertiary/aromatic N) is 1. The van der Waals surface area contributed by atoms with E-state index in [4.69, 9.17) is 16.9 Å². The predicted molar refractivity (Wildman–Crippen MR) is 80.3 cm³/mol. The topological polar surface area (TPSA) is 64.9 Å². The Balaban J connectivity index is 2.15. The lowest BCUT2D eigenvalue weighted by Gasteiger charge is -2.12. The highest BCUT2D eigenvalue weighted by molar-refractivity contribution is 6.33. The van der Waals surface area contributed by atoms with Crippen molar-refractivity contribution in [2.45, 2.75) is 6.18 Å². The minimum Gasteiger partial charge on any atom is -0.308 e. The zero-order valence-electron chi connectivity index (χ0n) is 11.4. The molecule has 0 heterocycles. The standard InChI is InChI=1S/C15H9ClF3N3O/c16-12-5-4-10(15(17,18)19)7-13(12)22-14(23)21-11-3-1-2-9(6-11)8-20/h1-7H,(H2,21,22,23). The number of halogens is 4. The van der Waals surface area contributed by atoms with Gasteiger partial charge in [0.2, 0.25) is 0 Å². The summed E-state index contributed by atoms with van der Waals surface area (Å²) in [6.45, 7) is 0. The van der Waals surface area contributed by atoms with E-state index in [2.05, 4.69) is 10.6 Å². The third-order valence-electron chi connectivity index (χ3n) is 2.79. The van der Waals surface area contributed by atoms with Gasteiger partial charge in [0.1, 0.15) is 0 Å². The maximum atomic E-state index is 12.7. The quantitative estimate of drug-likeness (QED) is 0.819. The normalized spacial score (nSPS) is 10.7. The van der Waals surface area contributed by atoms with Gasteiger partial charge in [-0.25, -0.2) is 4.79 Å². The fraction of sp³-hybridized carbons (Fsp3) is 0.0667. The molecule has 0 aromatic heterocycles. The lowest BCUT2D eigenvalue weighted by molar-refractivity contribution is -0.137. The van der Waals surface area contributed by atoms with Crippen LogP contribution in [0.3, 0.4) is 0 Å². The Kier molecular flexibility index (Phi) is 4.77. The van der Waals surface area contributed by atoms with Gasteiger partial charge < -0.3 is 10.6 Å². The molecule has 0 unspecified atom stereocenters. The molecule has 23 heavy (non-hydrogen) atoms. The third-order valence-corrected chi connectivity index (χ3v) is 3.12. The van der Waals surface area contributed by atoms with Crippen LogP contribution >= 0.6 is 11.6 Å². The van der Waals surface area contributed by atoms with E-state index in [1.54, 1.807) is 12.1 Å². The van der Waals surface area contributed by atoms with Crippen LogP contribution in [-0.4, -0.2) is 6.03 Å². The second-order valence-corrected chi connectivity index (χ2v) is 4.87. The van der Waals surface area contributed by atoms with E-state index in [1.807, 2.05) is 6.07 Å². The molecule has 0 aliphatic carbocycles. The van der Waals surface area contributed by atoms with Crippen LogP contribution in [0.15, 0.2) is 42.5 Å². The molecule has 0 atom stereocenters. The maximum Gasteiger partial charge on any atom is 0.416 e. The molecule has 4 nitrogen and oxygen atoms in total. The first-order valence-electron chi connectivity index (χ1n) is 6.24. The van der Waals surface area contributed by atoms with Crippen molar-refractivity contribution in [1.29, 1.82) is 5.26 Å². The highest BCUT2D eigenvalue weighted by Crippen LogP contribution is 2.33. The highest BCUT2D eigenvalue weighted by atomic mass is 35.5. The number of alkyl halides is 3. The Morgan fingerprint density at radius 1 is 1.13 bits per heavy atom. The monoisotopic (exact) mass is 339 g/mol. The third kappa shape index (κ3) is 4.37. The Morgan fingerprint density at radius 3 is 2.52 bits per heavy atom. The van der Waals surface area contributed by atoms with E-state index in [0.29, 0.717) is 11.3 Å². The number of nitrogens with one attached hydrogen (secondary N) is 2. The molecule has 2 N–H and O–H groups in total. The first kappa shape index (κ1) is 16.6. The number of amides is 2. The van der Waals surface area contributed by atoms with Gasteiger partial charge in [-0.15, -0.1) is 0 Å². The number of hydrogen-bond donors (Lipinski definition) is 2. The minimum atomic E-state index is -4.54. The Morgan fingerprint density at radius 2 is 1.87 bits per heavy atom. The van der Waals surface area contributed by atoms with E-state index >= 15 is 0 Å². The number of nitriles is 1. The lowest BCUT2D eigenvalue weighted by atomic mass is 10.2. The predicted octanol–water partition coefficient (Wildman–Crippen LogP) is 4.87. The number of urea groups is 1. The van der Waals surface area contributed by atoms with Crippen LogP contribution in [0.2, 0.25) is 5.02 Å². The average Bonchev–Trinajstić information content (AvgIpc) is 2.48. The molecule has 8 heteroatoms. The highest BCUT2D eigenvalue weighted by Gasteiger charge is 2.31. The van der Waals surface area contributed by atoms with Gasteiger partial charge >= 0.3 is 12.2 Å². The number of carbonyl (C=O) groups is 1. The van der Waals surface area contributed by atoms with Crippen LogP contribution in [0.4, 0.5) is 29.3 Å². The SMILES string of the molecule is N#Cc1cccc(NC(=O)Nc2cc(C(F)(F)F)ccc2Cl)c1. The van der Waals surface area contributed by atoms with Gasteiger partial charge in [0.15, 0.2) is 0 Å². The summed E-state index contributed by atoms with van der Waals surface area (Å²) in [5, 5.41) is 13.4. The van der Waals surface area contributed by atoms with Crippen molar-refractivity contribution in [2.75, 3.05) is 10.6 Å². The molecule has 0 saturated heterocycles. The van der Waals surface area contributed by atoms with Crippen LogP contribution in [0.1, 0.15) is 11.1 Å². The van der Waals surface area contributed by atoms with Crippen LogP contribution in [0, 0.1) is 11.3 Å². The van der Waals surface area contributed by atoms with Crippen molar-refractivity contribution in [3.8, 4) is 6.07 Å². The summed E-state index contributed by atoms with van der Waals surface area (Å²) in [5.41, 5.74) is -0.441. The van der Waals surface area contributed by atoms with Gasteiger partial charge in [0, 0.05) is 5.69 Å². The largest absolute Gasteiger partial charge is 0.416 e. The van der Waals surface area contributed by atoms with Crippen molar-refractivity contribution in [3.05, 3.63) is 58.6 Å². The number of benzene rings is 2. The molecule has 0 fully saturated rings. The van der Waals surface area contributed by atoms with Crippen LogP contribution in [-0.2, 0) is 6.18 Å². The molecule has 0 radical (unpaired) electrons. The zero-order valence-corrected chi connectivity index (χ0v) is 12.2. The van der Waals surface area contributed by atoms with Gasteiger partial charge in [-0.1, -0.05) is 17.7 Å². The molecule has 0 aliphatic rings. The van der Waals surface area contributed by atoms with Gasteiger partial charge in [-0.3, -0.25) is 0 Å². The second-order valence-electron chi connectivity index (χ2n) is 4.46. The van der Waals surface area contributed by atoms with Crippen LogP contribution < -0.4 is 10.6 Å². The summed E-state index contributed by atoms with van der Waals surface area (Å²) in [5.74, 6) is 0. The van der Waals surface area contributed by atoms with Gasteiger partial charge in [-0.05, 0) is 36.4 Å². The molecular weight excluding hydrogens is 331 g/mol. The second kappa shape index (κ2) is 6.58. The van der Waals surface area contributed by atoms with Gasteiger partial charge in [0.05, 0.1) is 27.9 Å². The minimum absolute atomic E-state index is 0.0288. The smallest absolute Gasteiger partial charge is 0.308 e. The number of anilines is 2. The fourth-order valence-corrected chi connectivity index (χ4v) is 1.91. The summed E-state index contributed by atoms with van der Waals surface area (Å²) in [6.07, 6.45) is -4.54. The Labute approximate surface area is 134 Å². The van der Waals surface area contributed by atoms with Crippen molar-refractivity contribution in [3.63, 3.8) is 0 Å². The van der Waals surface area contributed by atoms with Crippen molar-refractivity contribution >= 4 is 29.0 Å². The lowest BCUT2D eigenvalue weighted by Crippen LogP contribution is -2.20. The first-order chi connectivity index (χ1) is 10.8. The average molecular weight is 340 g/mol. The Bertz CT molecular complexity index is 784. The molecule has 2 rings (SSSR count). The fourth-order valence-electron chi connectivity index (χ4n) is 1.75. The molecule has 0 saturated carbocycles. The first-order valence-corrected chi connectivity index (χ1v) is 6.62. The zero-order chi connectivity index (χ0) is 17.0. The molecular formula is C15H9ClF3N3O. The van der Waals surface area contributed by atoms with E-state index in [0.717, 1.165) is 18.2 Å². The Hall–Kier alpha value is -2.72. The van der Waals surface area contributed by atoms with E-state index in [-0.39, 0.29) is 10.7 Å². The number of hydrogen-bond acceptors (Lipinski definition) is 2. The molecule has 2 aromatic carbocycles. The van der Waals surface area contributed by atoms with Crippen molar-refractivity contribution < 1.29 is 18.0 Å². The number of rotatable bonds is 2. The molecule has 118 valence electrons. The molecule has 2 amide bonds. The number of carbonyl (C=O) groups excluding carboxylic acids is 1. The van der Waals surface area contributed by atoms with Gasteiger partial charge in [-0.2, -0.15) is 18.4 Å². The summed E-state index contributed by atoms with van der Waals surface area (Å²) in [4.78, 5) is 11.8. The molecule has 0 bridgehead atoms. The van der Waals surface area contributed by atoms with Crippen LogP contribution in [0.5, 0.6) is 0 Å². The summed E-state index contributed by atoms with van der Waals surface area (Å²) < 4.78 is 38.0. The van der Waals surface area contributed by atoms with E-state index in [1.165, 1.54) is 12.1 Å². The van der Waals surface area contributed by atoms with Crippen molar-refractivity contribution in [1.82, 2.24) is 0 Å². The summed E-state index contributed by atoms with van der Waals surface area (Å²) in [7, 11) is 0.